The minimum Gasteiger partial charge on any atom is -0.378 e. The Morgan fingerprint density at radius 2 is 1.60 bits per heavy atom. The zero-order chi connectivity index (χ0) is 14.7. The van der Waals surface area contributed by atoms with Crippen LogP contribution in [-0.2, 0) is 0 Å². The molecule has 2 nitrogen and oxygen atoms in total. The van der Waals surface area contributed by atoms with Crippen LogP contribution in [0.25, 0.3) is 0 Å². The lowest BCUT2D eigenvalue weighted by atomic mass is 10.1. The number of aryl methyl sites for hydroxylation is 2. The van der Waals surface area contributed by atoms with Crippen molar-refractivity contribution in [1.82, 2.24) is 0 Å². The van der Waals surface area contributed by atoms with Gasteiger partial charge in [-0.1, -0.05) is 24.3 Å². The lowest BCUT2D eigenvalue weighted by Gasteiger charge is -2.19. The molecule has 2 heteroatoms. The Labute approximate surface area is 122 Å². The van der Waals surface area contributed by atoms with Crippen LogP contribution in [0.4, 0.5) is 11.4 Å². The molecule has 1 unspecified atom stereocenters. The molecule has 1 atom stereocenters. The number of nitrogens with one attached hydrogen (secondary N) is 1. The van der Waals surface area contributed by atoms with Crippen molar-refractivity contribution in [2.45, 2.75) is 26.8 Å². The number of nitrogens with zero attached hydrogens (tertiary/aromatic N) is 1. The summed E-state index contributed by atoms with van der Waals surface area (Å²) in [5, 5.41) is 3.60. The fourth-order valence-electron chi connectivity index (χ4n) is 2.27. The minimum atomic E-state index is 0.298. The van der Waals surface area contributed by atoms with Crippen LogP contribution in [-0.4, -0.2) is 14.1 Å². The van der Waals surface area contributed by atoms with Crippen LogP contribution in [0.15, 0.2) is 42.5 Å². The third kappa shape index (κ3) is 3.32. The van der Waals surface area contributed by atoms with Crippen molar-refractivity contribution in [3.05, 3.63) is 59.2 Å². The molecule has 0 saturated carbocycles. The van der Waals surface area contributed by atoms with E-state index in [-0.39, 0.29) is 0 Å². The first-order valence-electron chi connectivity index (χ1n) is 7.08. The predicted molar refractivity (Wildman–Crippen MR) is 88.7 cm³/mol. The molecule has 20 heavy (non-hydrogen) atoms. The van der Waals surface area contributed by atoms with Crippen LogP contribution >= 0.6 is 0 Å². The zero-order valence-corrected chi connectivity index (χ0v) is 13.1. The summed E-state index contributed by atoms with van der Waals surface area (Å²) in [6.07, 6.45) is 0. The van der Waals surface area contributed by atoms with Crippen molar-refractivity contribution in [3.63, 3.8) is 0 Å². The van der Waals surface area contributed by atoms with Crippen molar-refractivity contribution in [3.8, 4) is 0 Å². The third-order valence-electron chi connectivity index (χ3n) is 3.67. The van der Waals surface area contributed by atoms with Crippen LogP contribution in [0.3, 0.4) is 0 Å². The van der Waals surface area contributed by atoms with Gasteiger partial charge in [-0.15, -0.1) is 0 Å². The molecule has 1 N–H and O–H groups in total. The molecule has 0 radical (unpaired) electrons. The quantitative estimate of drug-likeness (QED) is 0.875. The first-order valence-corrected chi connectivity index (χ1v) is 7.08. The summed E-state index contributed by atoms with van der Waals surface area (Å²) in [5.41, 5.74) is 6.32. The third-order valence-corrected chi connectivity index (χ3v) is 3.67. The highest BCUT2D eigenvalue weighted by atomic mass is 15.1. The number of benzene rings is 2. The largest absolute Gasteiger partial charge is 0.378 e. The SMILES string of the molecule is Cc1ccc(C)c(NC(C)c2ccc(N(C)C)cc2)c1. The Kier molecular flexibility index (Phi) is 4.33. The van der Waals surface area contributed by atoms with E-state index in [4.69, 9.17) is 0 Å². The molecule has 2 aromatic carbocycles. The summed E-state index contributed by atoms with van der Waals surface area (Å²) >= 11 is 0. The van der Waals surface area contributed by atoms with Crippen LogP contribution in [0.1, 0.15) is 29.7 Å². The normalized spacial score (nSPS) is 12.1. The van der Waals surface area contributed by atoms with Crippen molar-refractivity contribution in [2.75, 3.05) is 24.3 Å². The number of rotatable bonds is 4. The van der Waals surface area contributed by atoms with Crippen molar-refractivity contribution in [2.24, 2.45) is 0 Å². The molecule has 0 fully saturated rings. The topological polar surface area (TPSA) is 15.3 Å². The van der Waals surface area contributed by atoms with Crippen molar-refractivity contribution < 1.29 is 0 Å². The summed E-state index contributed by atoms with van der Waals surface area (Å²) in [4.78, 5) is 2.12. The highest BCUT2D eigenvalue weighted by Gasteiger charge is 2.07. The van der Waals surface area contributed by atoms with Gasteiger partial charge in [-0.25, -0.2) is 0 Å². The number of anilines is 2. The predicted octanol–water partition coefficient (Wildman–Crippen LogP) is 4.54. The van der Waals surface area contributed by atoms with Crippen LogP contribution < -0.4 is 10.2 Å². The summed E-state index contributed by atoms with van der Waals surface area (Å²) in [5.74, 6) is 0. The van der Waals surface area contributed by atoms with Gasteiger partial charge in [-0.05, 0) is 55.7 Å². The van der Waals surface area contributed by atoms with Crippen LogP contribution in [0.2, 0.25) is 0 Å². The average molecular weight is 268 g/mol. The Bertz CT molecular complexity index is 570. The van der Waals surface area contributed by atoms with Crippen LogP contribution in [0.5, 0.6) is 0 Å². The fourth-order valence-corrected chi connectivity index (χ4v) is 2.27. The monoisotopic (exact) mass is 268 g/mol. The van der Waals surface area contributed by atoms with Gasteiger partial charge in [0.15, 0.2) is 0 Å². The second kappa shape index (κ2) is 6.00. The molecule has 0 aliphatic carbocycles. The lowest BCUT2D eigenvalue weighted by Crippen LogP contribution is -2.10. The molecule has 0 spiro atoms. The van der Waals surface area contributed by atoms with E-state index in [1.165, 1.54) is 28.1 Å². The van der Waals surface area contributed by atoms with Gasteiger partial charge in [-0.2, -0.15) is 0 Å². The fraction of sp³-hybridized carbons (Fsp3) is 0.333. The maximum absolute atomic E-state index is 3.60. The summed E-state index contributed by atoms with van der Waals surface area (Å²) in [6.45, 7) is 6.47. The molecule has 0 heterocycles. The highest BCUT2D eigenvalue weighted by Crippen LogP contribution is 2.24. The van der Waals surface area contributed by atoms with E-state index in [1.807, 2.05) is 0 Å². The summed E-state index contributed by atoms with van der Waals surface area (Å²) in [7, 11) is 4.12. The van der Waals surface area contributed by atoms with Gasteiger partial charge in [0.05, 0.1) is 0 Å². The van der Waals surface area contributed by atoms with E-state index >= 15 is 0 Å². The van der Waals surface area contributed by atoms with E-state index in [0.29, 0.717) is 6.04 Å². The molecule has 2 rings (SSSR count). The van der Waals surface area contributed by atoms with Gasteiger partial charge in [0.25, 0.3) is 0 Å². The second-order valence-corrected chi connectivity index (χ2v) is 5.67. The van der Waals surface area contributed by atoms with Gasteiger partial charge in [0.2, 0.25) is 0 Å². The summed E-state index contributed by atoms with van der Waals surface area (Å²) in [6, 6.07) is 15.5. The van der Waals surface area contributed by atoms with E-state index in [2.05, 4.69) is 87.5 Å². The van der Waals surface area contributed by atoms with Crippen molar-refractivity contribution >= 4 is 11.4 Å². The smallest absolute Gasteiger partial charge is 0.0485 e. The maximum Gasteiger partial charge on any atom is 0.0485 e. The maximum atomic E-state index is 3.60. The first kappa shape index (κ1) is 14.4. The average Bonchev–Trinajstić information content (AvgIpc) is 2.43. The molecule has 106 valence electrons. The molecular formula is C18H24N2. The Balaban J connectivity index is 2.15. The minimum absolute atomic E-state index is 0.298. The Hall–Kier alpha value is -1.96. The first-order chi connectivity index (χ1) is 9.47. The molecule has 0 amide bonds. The highest BCUT2D eigenvalue weighted by molar-refractivity contribution is 5.54. The lowest BCUT2D eigenvalue weighted by molar-refractivity contribution is 0.881. The molecule has 0 saturated heterocycles. The van der Waals surface area contributed by atoms with Crippen LogP contribution in [0, 0.1) is 13.8 Å². The molecule has 0 aliphatic rings. The molecule has 0 aromatic heterocycles. The van der Waals surface area contributed by atoms with Gasteiger partial charge in [0, 0.05) is 31.5 Å². The summed E-state index contributed by atoms with van der Waals surface area (Å²) < 4.78 is 0. The van der Waals surface area contributed by atoms with Gasteiger partial charge < -0.3 is 10.2 Å². The number of hydrogen-bond donors (Lipinski definition) is 1. The van der Waals surface area contributed by atoms with E-state index < -0.39 is 0 Å². The Morgan fingerprint density at radius 1 is 0.950 bits per heavy atom. The molecular weight excluding hydrogens is 244 g/mol. The van der Waals surface area contributed by atoms with Crippen molar-refractivity contribution in [1.29, 1.82) is 0 Å². The van der Waals surface area contributed by atoms with Gasteiger partial charge in [0.1, 0.15) is 0 Å². The van der Waals surface area contributed by atoms with Gasteiger partial charge >= 0.3 is 0 Å². The molecule has 0 bridgehead atoms. The zero-order valence-electron chi connectivity index (χ0n) is 13.1. The molecule has 2 aromatic rings. The second-order valence-electron chi connectivity index (χ2n) is 5.67. The van der Waals surface area contributed by atoms with Gasteiger partial charge in [-0.3, -0.25) is 0 Å². The van der Waals surface area contributed by atoms with E-state index in [9.17, 15) is 0 Å². The Morgan fingerprint density at radius 3 is 2.20 bits per heavy atom. The number of hydrogen-bond acceptors (Lipinski definition) is 2. The van der Waals surface area contributed by atoms with E-state index in [0.717, 1.165) is 0 Å². The molecule has 0 aliphatic heterocycles. The van der Waals surface area contributed by atoms with E-state index in [1.54, 1.807) is 0 Å². The standard InChI is InChI=1S/C18H24N2/c1-13-6-7-14(2)18(12-13)19-15(3)16-8-10-17(11-9-16)20(4)5/h6-12,15,19H,1-5H3.